The highest BCUT2D eigenvalue weighted by Gasteiger charge is 2.50. The summed E-state index contributed by atoms with van der Waals surface area (Å²) in [6, 6.07) is 20.6. The number of imide groups is 1. The molecule has 9 rings (SSSR count). The first kappa shape index (κ1) is 47.9. The van der Waals surface area contributed by atoms with E-state index >= 15 is 0 Å². The van der Waals surface area contributed by atoms with Gasteiger partial charge in [0.15, 0.2) is 0 Å². The molecule has 0 radical (unpaired) electrons. The topological polar surface area (TPSA) is 128 Å². The van der Waals surface area contributed by atoms with Gasteiger partial charge in [-0.2, -0.15) is 13.2 Å². The number of nitrogens with one attached hydrogen (secondary N) is 1. The smallest absolute Gasteiger partial charge is 0.395 e. The Labute approximate surface area is 395 Å². The van der Waals surface area contributed by atoms with Gasteiger partial charge in [-0.15, -0.1) is 0 Å². The number of ether oxygens (including phenoxy) is 3. The number of anilines is 1. The van der Waals surface area contributed by atoms with Crippen molar-refractivity contribution in [2.24, 2.45) is 10.8 Å². The number of amides is 3. The highest BCUT2D eigenvalue weighted by atomic mass is 19.4. The molecule has 68 heavy (non-hydrogen) atoms. The number of carbonyl (C=O) groups excluding carboxylic acids is 3. The normalized spacial score (nSPS) is 23.2. The van der Waals surface area contributed by atoms with Gasteiger partial charge < -0.3 is 19.1 Å². The second-order valence-electron chi connectivity index (χ2n) is 21.4. The molecule has 4 aliphatic heterocycles. The van der Waals surface area contributed by atoms with Gasteiger partial charge in [0.1, 0.15) is 17.5 Å². The van der Waals surface area contributed by atoms with Crippen LogP contribution in [-0.2, 0) is 37.6 Å². The fraction of sp³-hybridized carbons (Fsp3) is 0.577. The third-order valence-corrected chi connectivity index (χ3v) is 15.7. The van der Waals surface area contributed by atoms with E-state index in [2.05, 4.69) is 36.2 Å². The number of rotatable bonds is 14. The van der Waals surface area contributed by atoms with Crippen molar-refractivity contribution in [1.29, 1.82) is 0 Å². The van der Waals surface area contributed by atoms with Crippen molar-refractivity contribution in [3.05, 3.63) is 88.3 Å². The standard InChI is InChI=1S/C52H65F3N6O7/c1-48(2,52(53,54)55)34-58(25-21-51(22-28-67-49(3,4)33-51)36-11-15-37(66-5)16-12-36)31-35-9-13-38(14-10-35)68-39-29-50(30-39)19-23-57(24-20-50)32-44(63)59-26-27-60-45-40(59)7-6-8-41(45)61(47(60)65)42-17-18-43(62)56-46(42)64/h6-16,39,42H,17-34H2,1-5H3,(H,56,62,64)/t42?,51-/m1/s1. The maximum Gasteiger partial charge on any atom is 0.395 e. The molecular formula is C52H65F3N6O7. The fourth-order valence-corrected chi connectivity index (χ4v) is 11.8. The highest BCUT2D eigenvalue weighted by molar-refractivity contribution is 6.04. The van der Waals surface area contributed by atoms with Gasteiger partial charge in [-0.3, -0.25) is 38.6 Å². The van der Waals surface area contributed by atoms with Crippen LogP contribution in [0.1, 0.15) is 103 Å². The minimum atomic E-state index is -4.36. The molecule has 4 aromatic rings. The molecule has 1 spiro atoms. The average molecular weight is 943 g/mol. The van der Waals surface area contributed by atoms with Crippen molar-refractivity contribution in [2.45, 2.75) is 128 Å². The number of methoxy groups -OCH3 is 1. The molecule has 366 valence electrons. The molecule has 3 amide bonds. The minimum Gasteiger partial charge on any atom is -0.497 e. The molecule has 1 aromatic heterocycles. The number of para-hydroxylation sites is 1. The number of halogens is 3. The summed E-state index contributed by atoms with van der Waals surface area (Å²) in [5, 5.41) is 2.36. The molecule has 0 bridgehead atoms. The summed E-state index contributed by atoms with van der Waals surface area (Å²) in [5.74, 6) is 0.640. The number of alkyl halides is 3. The Hall–Kier alpha value is -5.19. The molecule has 3 saturated heterocycles. The van der Waals surface area contributed by atoms with E-state index in [0.29, 0.717) is 55.9 Å². The van der Waals surface area contributed by atoms with Crippen molar-refractivity contribution in [3.63, 3.8) is 0 Å². The van der Waals surface area contributed by atoms with Crippen molar-refractivity contribution < 1.29 is 41.8 Å². The van der Waals surface area contributed by atoms with E-state index < -0.39 is 23.5 Å². The van der Waals surface area contributed by atoms with Crippen LogP contribution < -0.4 is 25.4 Å². The Morgan fingerprint density at radius 1 is 0.912 bits per heavy atom. The molecule has 1 aliphatic carbocycles. The van der Waals surface area contributed by atoms with Crippen LogP contribution >= 0.6 is 0 Å². The second-order valence-corrected chi connectivity index (χ2v) is 21.4. The van der Waals surface area contributed by atoms with E-state index in [1.807, 2.05) is 47.4 Å². The first-order valence-corrected chi connectivity index (χ1v) is 24.2. The van der Waals surface area contributed by atoms with Crippen LogP contribution in [0.15, 0.2) is 71.5 Å². The van der Waals surface area contributed by atoms with Crippen LogP contribution in [0.2, 0.25) is 0 Å². The fourth-order valence-electron chi connectivity index (χ4n) is 11.8. The van der Waals surface area contributed by atoms with Crippen LogP contribution in [0.25, 0.3) is 11.0 Å². The molecule has 13 nitrogen and oxygen atoms in total. The number of hydrogen-bond donors (Lipinski definition) is 1. The van der Waals surface area contributed by atoms with Crippen LogP contribution in [0.3, 0.4) is 0 Å². The van der Waals surface area contributed by atoms with Crippen molar-refractivity contribution >= 4 is 34.4 Å². The van der Waals surface area contributed by atoms with E-state index in [1.165, 1.54) is 18.4 Å². The molecule has 1 saturated carbocycles. The Balaban J connectivity index is 0.789. The summed E-state index contributed by atoms with van der Waals surface area (Å²) in [6.45, 7) is 10.5. The first-order valence-electron chi connectivity index (χ1n) is 24.2. The quantitative estimate of drug-likeness (QED) is 0.126. The van der Waals surface area contributed by atoms with Gasteiger partial charge in [0.05, 0.1) is 47.5 Å². The first-order chi connectivity index (χ1) is 32.3. The maximum absolute atomic E-state index is 14.4. The van der Waals surface area contributed by atoms with Crippen molar-refractivity contribution in [1.82, 2.24) is 24.3 Å². The molecule has 2 atom stereocenters. The zero-order valence-electron chi connectivity index (χ0n) is 40.0. The average Bonchev–Trinajstić information content (AvgIpc) is 3.57. The largest absolute Gasteiger partial charge is 0.497 e. The van der Waals surface area contributed by atoms with E-state index in [9.17, 15) is 32.3 Å². The van der Waals surface area contributed by atoms with Gasteiger partial charge in [0, 0.05) is 44.6 Å². The molecule has 4 fully saturated rings. The third-order valence-electron chi connectivity index (χ3n) is 15.7. The molecule has 16 heteroatoms. The molecule has 1 N–H and O–H groups in total. The Bertz CT molecular complexity index is 2570. The predicted octanol–water partition coefficient (Wildman–Crippen LogP) is 7.77. The SMILES string of the molecule is COc1ccc([C@]2(CCN(Cc3ccc(OC4CC5(CCN(CC(=O)N6CCn7c(=O)n(C8CCC(=O)NC8=O)c8cccc6c87)CC5)C4)cc3)CC(C)(C)C(F)(F)F)CCOC(C)(C)C2)cc1. The van der Waals surface area contributed by atoms with Gasteiger partial charge in [0.2, 0.25) is 17.7 Å². The van der Waals surface area contributed by atoms with Crippen LogP contribution in [0.5, 0.6) is 11.5 Å². The summed E-state index contributed by atoms with van der Waals surface area (Å²) in [5.41, 5.74) is 1.23. The van der Waals surface area contributed by atoms with Crippen LogP contribution in [0.4, 0.5) is 18.9 Å². The van der Waals surface area contributed by atoms with Crippen LogP contribution in [-0.4, -0.2) is 108 Å². The second kappa shape index (κ2) is 18.3. The number of likely N-dealkylation sites (tertiary alicyclic amines) is 1. The summed E-state index contributed by atoms with van der Waals surface area (Å²) in [4.78, 5) is 58.0. The Morgan fingerprint density at radius 3 is 2.28 bits per heavy atom. The monoisotopic (exact) mass is 942 g/mol. The van der Waals surface area contributed by atoms with E-state index in [0.717, 1.165) is 74.2 Å². The number of hydrogen-bond acceptors (Lipinski definition) is 9. The summed E-state index contributed by atoms with van der Waals surface area (Å²) in [7, 11) is 1.64. The van der Waals surface area contributed by atoms with Gasteiger partial charge in [-0.25, -0.2) is 4.79 Å². The van der Waals surface area contributed by atoms with Crippen molar-refractivity contribution in [2.75, 3.05) is 57.9 Å². The van der Waals surface area contributed by atoms with E-state index in [-0.39, 0.29) is 66.0 Å². The number of piperidine rings is 2. The molecule has 5 heterocycles. The number of nitrogens with zero attached hydrogens (tertiary/aromatic N) is 5. The summed E-state index contributed by atoms with van der Waals surface area (Å²) >= 11 is 0. The molecule has 3 aromatic carbocycles. The molecular weight excluding hydrogens is 878 g/mol. The maximum atomic E-state index is 14.4. The zero-order valence-corrected chi connectivity index (χ0v) is 40.0. The highest BCUT2D eigenvalue weighted by Crippen LogP contribution is 2.51. The number of carbonyl (C=O) groups is 3. The lowest BCUT2D eigenvalue weighted by atomic mass is 9.61. The number of aromatic nitrogens is 2. The Kier molecular flexibility index (Phi) is 12.9. The van der Waals surface area contributed by atoms with Crippen LogP contribution in [0, 0.1) is 10.8 Å². The number of benzene rings is 3. The minimum absolute atomic E-state index is 0.0350. The van der Waals surface area contributed by atoms with Crippen molar-refractivity contribution in [3.8, 4) is 11.5 Å². The number of imidazole rings is 1. The lowest BCUT2D eigenvalue weighted by molar-refractivity contribution is -0.217. The third kappa shape index (κ3) is 9.56. The zero-order chi connectivity index (χ0) is 48.2. The predicted molar refractivity (Wildman–Crippen MR) is 252 cm³/mol. The summed E-state index contributed by atoms with van der Waals surface area (Å²) in [6.07, 6.45) is 2.08. The summed E-state index contributed by atoms with van der Waals surface area (Å²) < 4.78 is 64.2. The lowest BCUT2D eigenvalue weighted by Gasteiger charge is -2.51. The lowest BCUT2D eigenvalue weighted by Crippen LogP contribution is -2.53. The Morgan fingerprint density at radius 2 is 1.62 bits per heavy atom. The molecule has 1 unspecified atom stereocenters. The van der Waals surface area contributed by atoms with Gasteiger partial charge in [-0.05, 0) is 152 Å². The van der Waals surface area contributed by atoms with Gasteiger partial charge >= 0.3 is 11.9 Å². The van der Waals surface area contributed by atoms with E-state index in [4.69, 9.17) is 14.2 Å². The van der Waals surface area contributed by atoms with Gasteiger partial charge in [-0.1, -0.05) is 30.3 Å². The van der Waals surface area contributed by atoms with Gasteiger partial charge in [0.25, 0.3) is 0 Å². The molecule has 5 aliphatic rings. The van der Waals surface area contributed by atoms with E-state index in [1.54, 1.807) is 28.7 Å².